The van der Waals surface area contributed by atoms with Gasteiger partial charge in [0.25, 0.3) is 0 Å². The molecule has 1 nitrogen and oxygen atoms in total. The van der Waals surface area contributed by atoms with Gasteiger partial charge in [-0.1, -0.05) is 62.9 Å². The Morgan fingerprint density at radius 2 is 1.57 bits per heavy atom. The zero-order chi connectivity index (χ0) is 19.9. The summed E-state index contributed by atoms with van der Waals surface area (Å²) >= 11 is 0. The van der Waals surface area contributed by atoms with Crippen LogP contribution in [0.5, 0.6) is 0 Å². The van der Waals surface area contributed by atoms with E-state index in [1.54, 1.807) is 0 Å². The predicted octanol–water partition coefficient (Wildman–Crippen LogP) is 7.76. The van der Waals surface area contributed by atoms with Crippen molar-refractivity contribution in [1.29, 1.82) is 0 Å². The van der Waals surface area contributed by atoms with E-state index in [4.69, 9.17) is 4.98 Å². The van der Waals surface area contributed by atoms with E-state index < -0.39 is 0 Å². The number of aromatic nitrogens is 1. The fourth-order valence-corrected chi connectivity index (χ4v) is 4.90. The third-order valence-corrected chi connectivity index (χ3v) is 5.95. The zero-order valence-corrected chi connectivity index (χ0v) is 18.1. The molecule has 0 amide bonds. The molecule has 1 aliphatic carbocycles. The molecule has 0 radical (unpaired) electrons. The van der Waals surface area contributed by atoms with Gasteiger partial charge < -0.3 is 0 Å². The zero-order valence-electron chi connectivity index (χ0n) is 18.1. The molecular weight excluding hydrogens is 338 g/mol. The number of hydrogen-bond donors (Lipinski definition) is 0. The second-order valence-corrected chi connectivity index (χ2v) is 10.0. The first-order valence-corrected chi connectivity index (χ1v) is 10.8. The molecule has 1 heteroatoms. The van der Waals surface area contributed by atoms with Gasteiger partial charge in [-0.2, -0.15) is 0 Å². The van der Waals surface area contributed by atoms with Gasteiger partial charge in [0.15, 0.2) is 0 Å². The maximum atomic E-state index is 5.15. The van der Waals surface area contributed by atoms with Crippen LogP contribution in [0.1, 0.15) is 74.6 Å². The van der Waals surface area contributed by atoms with Crippen LogP contribution in [0.3, 0.4) is 0 Å². The lowest BCUT2D eigenvalue weighted by Crippen LogP contribution is -2.10. The molecule has 4 rings (SSSR count). The molecule has 1 aromatic heterocycles. The van der Waals surface area contributed by atoms with Crippen molar-refractivity contribution < 1.29 is 0 Å². The molecule has 0 atom stereocenters. The van der Waals surface area contributed by atoms with E-state index in [1.165, 1.54) is 64.4 Å². The average molecular weight is 372 g/mol. The molecule has 146 valence electrons. The highest BCUT2D eigenvalue weighted by atomic mass is 14.7. The molecule has 0 spiro atoms. The molecule has 0 bridgehead atoms. The molecule has 0 aliphatic heterocycles. The fourth-order valence-electron chi connectivity index (χ4n) is 4.90. The number of hydrogen-bond acceptors (Lipinski definition) is 1. The van der Waals surface area contributed by atoms with Crippen molar-refractivity contribution in [1.82, 2.24) is 4.98 Å². The summed E-state index contributed by atoms with van der Waals surface area (Å²) in [4.78, 5) is 5.15. The quantitative estimate of drug-likeness (QED) is 0.458. The first-order valence-electron chi connectivity index (χ1n) is 10.8. The second-order valence-electron chi connectivity index (χ2n) is 10.0. The molecule has 2 aromatic carbocycles. The minimum atomic E-state index is 0.284. The van der Waals surface area contributed by atoms with E-state index in [2.05, 4.69) is 77.1 Å². The van der Waals surface area contributed by atoms with E-state index in [0.717, 1.165) is 12.1 Å². The topological polar surface area (TPSA) is 12.9 Å². The van der Waals surface area contributed by atoms with Gasteiger partial charge in [0.05, 0.1) is 11.2 Å². The Labute approximate surface area is 170 Å². The summed E-state index contributed by atoms with van der Waals surface area (Å²) in [7, 11) is 0. The van der Waals surface area contributed by atoms with Gasteiger partial charge in [-0.3, -0.25) is 0 Å². The highest BCUT2D eigenvalue weighted by Crippen LogP contribution is 2.39. The van der Waals surface area contributed by atoms with E-state index >= 15 is 0 Å². The van der Waals surface area contributed by atoms with Crippen molar-refractivity contribution >= 4 is 10.9 Å². The number of nitrogens with zero attached hydrogens (tertiary/aromatic N) is 1. The summed E-state index contributed by atoms with van der Waals surface area (Å²) in [6.45, 7) is 11.3. The SMILES string of the molecule is Cc1cc(C)cc(-c2ccc3c(C4CCCC4)cc(CC(C)(C)C)cc3n2)c1. The minimum Gasteiger partial charge on any atom is -0.248 e. The summed E-state index contributed by atoms with van der Waals surface area (Å²) in [6.07, 6.45) is 6.48. The number of fused-ring (bicyclic) bond motifs is 1. The maximum Gasteiger partial charge on any atom is 0.0715 e. The predicted molar refractivity (Wildman–Crippen MR) is 121 cm³/mol. The first kappa shape index (κ1) is 19.2. The number of pyridine rings is 1. The van der Waals surface area contributed by atoms with Crippen molar-refractivity contribution in [3.05, 3.63) is 64.7 Å². The van der Waals surface area contributed by atoms with Gasteiger partial charge in [-0.05, 0) is 79.8 Å². The fraction of sp³-hybridized carbons (Fsp3) is 0.444. The summed E-state index contributed by atoms with van der Waals surface area (Å²) in [5.41, 5.74) is 9.33. The van der Waals surface area contributed by atoms with Crippen LogP contribution in [-0.4, -0.2) is 4.98 Å². The van der Waals surface area contributed by atoms with Crippen molar-refractivity contribution in [3.8, 4) is 11.3 Å². The van der Waals surface area contributed by atoms with Crippen LogP contribution in [-0.2, 0) is 6.42 Å². The first-order chi connectivity index (χ1) is 13.3. The van der Waals surface area contributed by atoms with Gasteiger partial charge in [0, 0.05) is 10.9 Å². The Balaban J connectivity index is 1.86. The van der Waals surface area contributed by atoms with Crippen LogP contribution in [0.4, 0.5) is 0 Å². The molecular formula is C27H33N. The molecule has 1 saturated carbocycles. The lowest BCUT2D eigenvalue weighted by Gasteiger charge is -2.21. The molecule has 0 unspecified atom stereocenters. The van der Waals surface area contributed by atoms with E-state index in [9.17, 15) is 0 Å². The van der Waals surface area contributed by atoms with Crippen LogP contribution < -0.4 is 0 Å². The Morgan fingerprint density at radius 1 is 0.893 bits per heavy atom. The third-order valence-electron chi connectivity index (χ3n) is 5.95. The monoisotopic (exact) mass is 371 g/mol. The number of benzene rings is 2. The van der Waals surface area contributed by atoms with Gasteiger partial charge in [0.1, 0.15) is 0 Å². The normalized spacial score (nSPS) is 15.5. The molecule has 28 heavy (non-hydrogen) atoms. The Bertz CT molecular complexity index is 980. The number of aryl methyl sites for hydroxylation is 2. The molecule has 1 aliphatic rings. The molecule has 1 heterocycles. The maximum absolute atomic E-state index is 5.15. The van der Waals surface area contributed by atoms with Crippen LogP contribution in [0.25, 0.3) is 22.2 Å². The number of rotatable bonds is 3. The van der Waals surface area contributed by atoms with Crippen molar-refractivity contribution in [2.45, 2.75) is 72.6 Å². The molecule has 1 fully saturated rings. The Hall–Kier alpha value is -2.15. The summed E-state index contributed by atoms with van der Waals surface area (Å²) < 4.78 is 0. The summed E-state index contributed by atoms with van der Waals surface area (Å²) in [5.74, 6) is 0.705. The third kappa shape index (κ3) is 4.14. The van der Waals surface area contributed by atoms with Gasteiger partial charge in [-0.25, -0.2) is 4.98 Å². The minimum absolute atomic E-state index is 0.284. The van der Waals surface area contributed by atoms with E-state index in [0.29, 0.717) is 5.92 Å². The van der Waals surface area contributed by atoms with Gasteiger partial charge >= 0.3 is 0 Å². The molecule has 3 aromatic rings. The standard InChI is InChI=1S/C27H33N/c1-18-12-19(2)14-22(13-18)25-11-10-23-24(21-8-6-7-9-21)15-20(16-26(23)28-25)17-27(3,4)5/h10-16,21H,6-9,17H2,1-5H3. The van der Waals surface area contributed by atoms with Crippen LogP contribution >= 0.6 is 0 Å². The van der Waals surface area contributed by atoms with Crippen LogP contribution in [0.2, 0.25) is 0 Å². The summed E-state index contributed by atoms with van der Waals surface area (Å²) in [6, 6.07) is 16.1. The van der Waals surface area contributed by atoms with Crippen molar-refractivity contribution in [2.75, 3.05) is 0 Å². The summed E-state index contributed by atoms with van der Waals surface area (Å²) in [5, 5.41) is 1.36. The van der Waals surface area contributed by atoms with Crippen LogP contribution in [0, 0.1) is 19.3 Å². The van der Waals surface area contributed by atoms with E-state index in [-0.39, 0.29) is 5.41 Å². The van der Waals surface area contributed by atoms with Crippen molar-refractivity contribution in [3.63, 3.8) is 0 Å². The molecule has 0 N–H and O–H groups in total. The van der Waals surface area contributed by atoms with Crippen LogP contribution in [0.15, 0.2) is 42.5 Å². The Morgan fingerprint density at radius 3 is 2.21 bits per heavy atom. The smallest absolute Gasteiger partial charge is 0.0715 e. The average Bonchev–Trinajstić information content (AvgIpc) is 3.12. The van der Waals surface area contributed by atoms with E-state index in [1.807, 2.05) is 0 Å². The molecule has 0 saturated heterocycles. The second kappa shape index (κ2) is 7.35. The van der Waals surface area contributed by atoms with Gasteiger partial charge in [-0.15, -0.1) is 0 Å². The Kier molecular flexibility index (Phi) is 5.04. The lowest BCUT2D eigenvalue weighted by molar-refractivity contribution is 0.411. The largest absolute Gasteiger partial charge is 0.248 e. The van der Waals surface area contributed by atoms with Crippen molar-refractivity contribution in [2.24, 2.45) is 5.41 Å². The lowest BCUT2D eigenvalue weighted by atomic mass is 9.85. The highest BCUT2D eigenvalue weighted by molar-refractivity contribution is 5.86. The van der Waals surface area contributed by atoms with Gasteiger partial charge in [0.2, 0.25) is 0 Å². The highest BCUT2D eigenvalue weighted by Gasteiger charge is 2.22.